The molecular formula is C59H65F2N9O9S. The van der Waals surface area contributed by atoms with E-state index in [0.717, 1.165) is 94.5 Å². The SMILES string of the molecule is Cc1ccccc1[C@@H]1CN([C@H]2CCOc3c(F)cc(F)cc32)CCN1C1CC2(CCN(c3ccc(C(=O)NS(=O)(=O)c4ccc(NCC5CCOCC5)c([N+](=O)[O-])c4)c(N4c5cc6cc[nH]c6nc5O[C@H]5COCC[C@@H]54)c3)CC2)C1. The molecule has 0 unspecified atom stereocenters. The van der Waals surface area contributed by atoms with Crippen LogP contribution in [0.15, 0.2) is 96.0 Å². The maximum Gasteiger partial charge on any atom is 0.293 e. The lowest BCUT2D eigenvalue weighted by Crippen LogP contribution is -2.60. The number of halogens is 2. The minimum Gasteiger partial charge on any atom is -0.490 e. The summed E-state index contributed by atoms with van der Waals surface area (Å²) in [6, 6.07) is 23.9. The van der Waals surface area contributed by atoms with Gasteiger partial charge in [-0.2, -0.15) is 4.98 Å². The molecule has 4 saturated heterocycles. The standard InChI is InChI=1S/C59H65F2N9O9S/c1-36-4-2-3-5-43(36)53-34-67(48-14-25-78-55-45(48)27-39(60)28-46(55)61)20-21-68(53)41-31-59(32-41)15-18-66(19-16-59)40-6-8-44(50(29-40)69-49-13-24-77-35-54(49)79-58-52(69)26-38-10-17-62-56(38)64-58)57(71)65-80(74,75)42-7-9-47(51(30-42)70(72)73)63-33-37-11-22-76-23-12-37/h2-10,17,26-30,37,41,48-49,53-54,63H,11-16,18-25,31-35H2,1H3,(H,62,64)(H,65,71)/t48-,49-,53-,54-/m0/s1. The highest BCUT2D eigenvalue weighted by Crippen LogP contribution is 2.54. The second kappa shape index (κ2) is 21.2. The van der Waals surface area contributed by atoms with E-state index in [1.165, 1.54) is 29.3 Å². The number of piperazine rings is 1. The van der Waals surface area contributed by atoms with Crippen LogP contribution in [0.25, 0.3) is 11.0 Å². The molecule has 0 radical (unpaired) electrons. The van der Waals surface area contributed by atoms with E-state index in [9.17, 15) is 32.1 Å². The summed E-state index contributed by atoms with van der Waals surface area (Å²) in [5.41, 5.74) is 5.66. The number of aryl methyl sites for hydroxylation is 1. The van der Waals surface area contributed by atoms with Crippen molar-refractivity contribution < 1.29 is 45.9 Å². The maximum absolute atomic E-state index is 15.0. The molecule has 420 valence electrons. The number of hydrogen-bond donors (Lipinski definition) is 3. The second-order valence-electron chi connectivity index (χ2n) is 22.8. The minimum atomic E-state index is -4.64. The maximum atomic E-state index is 15.0. The third-order valence-corrected chi connectivity index (χ3v) is 19.5. The zero-order valence-electron chi connectivity index (χ0n) is 44.6. The number of hydrogen-bond acceptors (Lipinski definition) is 15. The van der Waals surface area contributed by atoms with Gasteiger partial charge in [0.1, 0.15) is 28.9 Å². The average Bonchev–Trinajstić information content (AvgIpc) is 3.94. The number of H-pyrrole nitrogens is 1. The van der Waals surface area contributed by atoms with Gasteiger partial charge in [0.25, 0.3) is 21.6 Å². The van der Waals surface area contributed by atoms with Gasteiger partial charge in [-0.25, -0.2) is 21.9 Å². The number of carbonyl (C=O) groups is 1. The van der Waals surface area contributed by atoms with Crippen LogP contribution in [0.3, 0.4) is 0 Å². The van der Waals surface area contributed by atoms with Gasteiger partial charge in [0.2, 0.25) is 5.88 Å². The van der Waals surface area contributed by atoms with Crippen LogP contribution in [0.5, 0.6) is 11.6 Å². The Bertz CT molecular complexity index is 3470. The van der Waals surface area contributed by atoms with Crippen LogP contribution in [0.4, 0.5) is 37.2 Å². The zero-order chi connectivity index (χ0) is 54.9. The van der Waals surface area contributed by atoms with Gasteiger partial charge in [-0.1, -0.05) is 24.3 Å². The summed E-state index contributed by atoms with van der Waals surface area (Å²) in [7, 11) is -4.64. The molecule has 21 heteroatoms. The molecule has 8 heterocycles. The van der Waals surface area contributed by atoms with Crippen LogP contribution in [0.1, 0.15) is 90.5 Å². The van der Waals surface area contributed by atoms with Crippen molar-refractivity contribution in [3.8, 4) is 11.6 Å². The number of carbonyl (C=O) groups excluding carboxylic acids is 1. The van der Waals surface area contributed by atoms with E-state index in [1.807, 2.05) is 24.3 Å². The number of aromatic nitrogens is 2. The normalized spacial score (nSPS) is 23.5. The Morgan fingerprint density at radius 1 is 0.875 bits per heavy atom. The first-order valence-corrected chi connectivity index (χ1v) is 29.5. The summed E-state index contributed by atoms with van der Waals surface area (Å²) in [6.07, 6.45) is 8.17. The highest BCUT2D eigenvalue weighted by molar-refractivity contribution is 7.90. The number of anilines is 4. The monoisotopic (exact) mass is 1110 g/mol. The Labute approximate surface area is 462 Å². The van der Waals surface area contributed by atoms with Gasteiger partial charge in [-0.15, -0.1) is 0 Å². The molecule has 4 atom stereocenters. The number of fused-ring (bicyclic) bond motifs is 4. The molecule has 7 aliphatic rings. The van der Waals surface area contributed by atoms with Crippen LogP contribution in [-0.4, -0.2) is 130 Å². The fourth-order valence-corrected chi connectivity index (χ4v) is 14.9. The van der Waals surface area contributed by atoms with E-state index < -0.39 is 49.2 Å². The smallest absolute Gasteiger partial charge is 0.293 e. The number of ether oxygens (including phenoxy) is 4. The Morgan fingerprint density at radius 2 is 1.69 bits per heavy atom. The highest BCUT2D eigenvalue weighted by Gasteiger charge is 2.51. The van der Waals surface area contributed by atoms with Crippen molar-refractivity contribution in [2.24, 2.45) is 11.3 Å². The first kappa shape index (κ1) is 52.5. The number of piperidine rings is 1. The van der Waals surface area contributed by atoms with Gasteiger partial charge < -0.3 is 39.0 Å². The number of nitrogens with zero attached hydrogens (tertiary/aromatic N) is 6. The topological polar surface area (TPSA) is 197 Å². The third kappa shape index (κ3) is 9.87. The number of sulfonamides is 1. The van der Waals surface area contributed by atoms with Crippen LogP contribution in [-0.2, 0) is 19.5 Å². The molecule has 6 aromatic rings. The number of nitrogens with one attached hydrogen (secondary N) is 3. The number of benzene rings is 4. The molecule has 80 heavy (non-hydrogen) atoms. The summed E-state index contributed by atoms with van der Waals surface area (Å²) in [5, 5.41) is 16.3. The first-order valence-electron chi connectivity index (χ1n) is 28.0. The largest absolute Gasteiger partial charge is 0.490 e. The molecule has 1 aliphatic carbocycles. The quantitative estimate of drug-likeness (QED) is 0.0774. The molecule has 3 N–H and O–H groups in total. The highest BCUT2D eigenvalue weighted by atomic mass is 32.2. The molecule has 1 saturated carbocycles. The Morgan fingerprint density at radius 3 is 2.50 bits per heavy atom. The van der Waals surface area contributed by atoms with Crippen molar-refractivity contribution in [2.75, 3.05) is 87.4 Å². The Kier molecular flexibility index (Phi) is 13.9. The number of amides is 1. The van der Waals surface area contributed by atoms with Gasteiger partial charge in [0.05, 0.1) is 40.3 Å². The average molecular weight is 1110 g/mol. The number of nitro groups is 1. The summed E-state index contributed by atoms with van der Waals surface area (Å²) in [6.45, 7) is 8.79. The lowest BCUT2D eigenvalue weighted by Gasteiger charge is -2.59. The zero-order valence-corrected chi connectivity index (χ0v) is 45.4. The second-order valence-corrected chi connectivity index (χ2v) is 24.5. The lowest BCUT2D eigenvalue weighted by molar-refractivity contribution is -0.384. The van der Waals surface area contributed by atoms with E-state index in [2.05, 4.69) is 65.8 Å². The van der Waals surface area contributed by atoms with E-state index in [0.29, 0.717) is 80.3 Å². The van der Waals surface area contributed by atoms with Gasteiger partial charge >= 0.3 is 0 Å². The number of rotatable bonds is 12. The molecular weight excluding hydrogens is 1050 g/mol. The van der Waals surface area contributed by atoms with Gasteiger partial charge in [-0.05, 0) is 123 Å². The van der Waals surface area contributed by atoms with Crippen LogP contribution in [0.2, 0.25) is 0 Å². The summed E-state index contributed by atoms with van der Waals surface area (Å²) >= 11 is 0. The predicted octanol–water partition coefficient (Wildman–Crippen LogP) is 9.33. The van der Waals surface area contributed by atoms with Gasteiger partial charge in [-0.3, -0.25) is 24.7 Å². The summed E-state index contributed by atoms with van der Waals surface area (Å²) in [5.74, 6) is -1.39. The molecule has 13 rings (SSSR count). The van der Waals surface area contributed by atoms with Crippen LogP contribution in [0, 0.1) is 40.0 Å². The van der Waals surface area contributed by atoms with Crippen molar-refractivity contribution in [1.82, 2.24) is 24.5 Å². The molecule has 1 amide bonds. The van der Waals surface area contributed by atoms with Crippen molar-refractivity contribution in [3.63, 3.8) is 0 Å². The Balaban J connectivity index is 0.763. The number of nitro benzene ring substituents is 1. The van der Waals surface area contributed by atoms with E-state index >= 15 is 0 Å². The fourth-order valence-electron chi connectivity index (χ4n) is 13.9. The van der Waals surface area contributed by atoms with E-state index in [1.54, 1.807) is 12.3 Å². The Hall–Kier alpha value is -6.91. The van der Waals surface area contributed by atoms with E-state index in [-0.39, 0.29) is 53.1 Å². The van der Waals surface area contributed by atoms with Gasteiger partial charge in [0, 0.05) is 119 Å². The van der Waals surface area contributed by atoms with E-state index in [4.69, 9.17) is 23.9 Å². The number of aromatic amines is 1. The molecule has 6 aliphatic heterocycles. The molecule has 0 bridgehead atoms. The van der Waals surface area contributed by atoms with Gasteiger partial charge in [0.15, 0.2) is 11.6 Å². The first-order chi connectivity index (χ1) is 38.8. The molecule has 5 fully saturated rings. The summed E-state index contributed by atoms with van der Waals surface area (Å²) in [4.78, 5) is 43.6. The predicted molar refractivity (Wildman–Crippen MR) is 296 cm³/mol. The molecule has 1 spiro atoms. The van der Waals surface area contributed by atoms with Crippen molar-refractivity contribution >= 4 is 55.4 Å². The fraction of sp³-hybridized carbons (Fsp3) is 0.458. The van der Waals surface area contributed by atoms with Crippen molar-refractivity contribution in [2.45, 2.75) is 93.5 Å². The lowest BCUT2D eigenvalue weighted by atomic mass is 9.59. The van der Waals surface area contributed by atoms with Crippen LogP contribution < -0.4 is 29.3 Å². The number of pyridine rings is 1. The third-order valence-electron chi connectivity index (χ3n) is 18.2. The molecule has 18 nitrogen and oxygen atoms in total. The molecule has 4 aromatic carbocycles. The van der Waals surface area contributed by atoms with Crippen molar-refractivity contribution in [3.05, 3.63) is 135 Å². The van der Waals surface area contributed by atoms with Crippen LogP contribution >= 0.6 is 0 Å². The minimum absolute atomic E-state index is 0.0906. The molecule has 2 aromatic heterocycles. The van der Waals surface area contributed by atoms with Crippen molar-refractivity contribution in [1.29, 1.82) is 0 Å². The summed E-state index contributed by atoms with van der Waals surface area (Å²) < 4.78 is 84.0.